The second-order valence-electron chi connectivity index (χ2n) is 7.67. The number of halogens is 1. The molecule has 2 aromatic heterocycles. The Balaban J connectivity index is 1.51. The van der Waals surface area contributed by atoms with Crippen LogP contribution in [0.2, 0.25) is 5.02 Å². The number of aryl methyl sites for hydroxylation is 1. The lowest BCUT2D eigenvalue weighted by Crippen LogP contribution is -2.42. The predicted molar refractivity (Wildman–Crippen MR) is 112 cm³/mol. The quantitative estimate of drug-likeness (QED) is 0.701. The van der Waals surface area contributed by atoms with Gasteiger partial charge >= 0.3 is 0 Å². The van der Waals surface area contributed by atoms with Gasteiger partial charge < -0.3 is 10.2 Å². The Morgan fingerprint density at radius 2 is 2.10 bits per heavy atom. The van der Waals surface area contributed by atoms with Crippen LogP contribution in [-0.2, 0) is 21.5 Å². The Morgan fingerprint density at radius 3 is 2.87 bits per heavy atom. The van der Waals surface area contributed by atoms with E-state index in [0.717, 1.165) is 16.8 Å². The summed E-state index contributed by atoms with van der Waals surface area (Å²) in [6, 6.07) is 11.1. The maximum Gasteiger partial charge on any atom is 0.237 e. The van der Waals surface area contributed by atoms with Crippen LogP contribution >= 0.6 is 11.6 Å². The van der Waals surface area contributed by atoms with Crippen molar-refractivity contribution in [3.05, 3.63) is 77.3 Å². The molecule has 1 N–H and O–H groups in total. The van der Waals surface area contributed by atoms with Crippen molar-refractivity contribution in [2.75, 3.05) is 11.9 Å². The predicted octanol–water partition coefficient (Wildman–Crippen LogP) is 3.19. The summed E-state index contributed by atoms with van der Waals surface area (Å²) in [5.74, 6) is -0.0868. The van der Waals surface area contributed by atoms with E-state index < -0.39 is 11.5 Å². The van der Waals surface area contributed by atoms with Crippen LogP contribution in [0.1, 0.15) is 30.0 Å². The van der Waals surface area contributed by atoms with Crippen molar-refractivity contribution < 1.29 is 9.59 Å². The molecule has 0 radical (unpaired) electrons. The van der Waals surface area contributed by atoms with Gasteiger partial charge in [0.2, 0.25) is 11.8 Å². The Morgan fingerprint density at radius 1 is 1.23 bits per heavy atom. The van der Waals surface area contributed by atoms with Crippen molar-refractivity contribution in [3.63, 3.8) is 0 Å². The molecule has 152 valence electrons. The molecule has 5 rings (SSSR count). The van der Waals surface area contributed by atoms with Crippen molar-refractivity contribution in [3.8, 4) is 0 Å². The van der Waals surface area contributed by atoms with Gasteiger partial charge in [0.25, 0.3) is 0 Å². The molecular weight excluding hydrogens is 402 g/mol. The zero-order valence-corrected chi connectivity index (χ0v) is 16.9. The van der Waals surface area contributed by atoms with Gasteiger partial charge in [0, 0.05) is 43.8 Å². The van der Waals surface area contributed by atoms with Crippen LogP contribution in [0.15, 0.2) is 61.2 Å². The van der Waals surface area contributed by atoms with E-state index in [1.807, 2.05) is 41.3 Å². The van der Waals surface area contributed by atoms with Crippen LogP contribution < -0.4 is 5.32 Å². The van der Waals surface area contributed by atoms with Crippen LogP contribution in [0.3, 0.4) is 0 Å². The number of anilines is 1. The number of nitrogens with zero attached hydrogens (tertiary/aromatic N) is 4. The summed E-state index contributed by atoms with van der Waals surface area (Å²) in [7, 11) is 0. The van der Waals surface area contributed by atoms with Gasteiger partial charge in [-0.1, -0.05) is 35.9 Å². The highest BCUT2D eigenvalue weighted by atomic mass is 35.5. The third-order valence-electron chi connectivity index (χ3n) is 6.06. The maximum atomic E-state index is 13.3. The minimum atomic E-state index is -0.815. The molecule has 30 heavy (non-hydrogen) atoms. The summed E-state index contributed by atoms with van der Waals surface area (Å²) < 4.78 is 1.66. The van der Waals surface area contributed by atoms with Crippen LogP contribution in [-0.4, -0.2) is 38.0 Å². The van der Waals surface area contributed by atoms with E-state index >= 15 is 0 Å². The standard InChI is InChI=1S/C22H20ClN5O2/c23-16-13-25-27(14-16)10-7-19(29)28-11-8-22(20(28)15-4-3-9-24-12-15)17-5-1-2-6-18(17)26-21(22)30/h1-6,9,12-14,20H,7-8,10-11H2,(H,26,30). The molecule has 7 nitrogen and oxygen atoms in total. The molecule has 3 aromatic rings. The number of carbonyl (C=O) groups excluding carboxylic acids is 2. The molecule has 2 amide bonds. The smallest absolute Gasteiger partial charge is 0.237 e. The Hall–Kier alpha value is -3.19. The first-order chi connectivity index (χ1) is 14.6. The molecule has 1 spiro atoms. The molecule has 1 aromatic carbocycles. The summed E-state index contributed by atoms with van der Waals surface area (Å²) in [5.41, 5.74) is 1.80. The maximum absolute atomic E-state index is 13.3. The molecule has 1 fully saturated rings. The fourth-order valence-electron chi connectivity index (χ4n) is 4.77. The molecule has 2 atom stereocenters. The molecule has 8 heteroatoms. The zero-order chi connectivity index (χ0) is 20.7. The lowest BCUT2D eigenvalue weighted by molar-refractivity contribution is -0.133. The highest BCUT2D eigenvalue weighted by Gasteiger charge is 2.59. The molecule has 2 unspecified atom stereocenters. The van der Waals surface area contributed by atoms with E-state index in [-0.39, 0.29) is 18.2 Å². The number of benzene rings is 1. The fraction of sp³-hybridized carbons (Fsp3) is 0.273. The van der Waals surface area contributed by atoms with Crippen LogP contribution in [0.5, 0.6) is 0 Å². The minimum absolute atomic E-state index is 0.0236. The third kappa shape index (κ3) is 2.89. The van der Waals surface area contributed by atoms with E-state index in [1.54, 1.807) is 29.5 Å². The normalized spacial score (nSPS) is 22.4. The van der Waals surface area contributed by atoms with Gasteiger partial charge in [-0.2, -0.15) is 5.10 Å². The van der Waals surface area contributed by atoms with Gasteiger partial charge in [-0.05, 0) is 29.7 Å². The molecule has 2 aliphatic rings. The number of hydrogen-bond donors (Lipinski definition) is 1. The summed E-state index contributed by atoms with van der Waals surface area (Å²) in [4.78, 5) is 32.6. The lowest BCUT2D eigenvalue weighted by Gasteiger charge is -2.34. The molecule has 0 bridgehead atoms. The van der Waals surface area contributed by atoms with Crippen molar-refractivity contribution in [2.24, 2.45) is 0 Å². The van der Waals surface area contributed by atoms with Crippen LogP contribution in [0.4, 0.5) is 5.69 Å². The number of likely N-dealkylation sites (tertiary alicyclic amines) is 1. The van der Waals surface area contributed by atoms with Gasteiger partial charge in [0.1, 0.15) is 5.41 Å². The van der Waals surface area contributed by atoms with Crippen molar-refractivity contribution in [2.45, 2.75) is 30.8 Å². The molecule has 1 saturated heterocycles. The first kappa shape index (κ1) is 18.8. The molecule has 4 heterocycles. The van der Waals surface area contributed by atoms with Crippen molar-refractivity contribution in [1.82, 2.24) is 19.7 Å². The average molecular weight is 422 g/mol. The van der Waals surface area contributed by atoms with Crippen molar-refractivity contribution in [1.29, 1.82) is 0 Å². The van der Waals surface area contributed by atoms with Gasteiger partial charge in [-0.3, -0.25) is 19.3 Å². The van der Waals surface area contributed by atoms with E-state index in [9.17, 15) is 9.59 Å². The lowest BCUT2D eigenvalue weighted by atomic mass is 9.73. The van der Waals surface area contributed by atoms with E-state index in [4.69, 9.17) is 11.6 Å². The minimum Gasteiger partial charge on any atom is -0.334 e. The summed E-state index contributed by atoms with van der Waals surface area (Å²) in [6.45, 7) is 0.928. The second kappa shape index (κ2) is 7.25. The first-order valence-corrected chi connectivity index (χ1v) is 10.3. The SMILES string of the molecule is O=C(CCn1cc(Cl)cn1)N1CCC2(C(=O)Nc3ccccc32)C1c1cccnc1. The Labute approximate surface area is 178 Å². The van der Waals surface area contributed by atoms with E-state index in [2.05, 4.69) is 15.4 Å². The number of rotatable bonds is 4. The van der Waals surface area contributed by atoms with Gasteiger partial charge in [-0.15, -0.1) is 0 Å². The topological polar surface area (TPSA) is 80.1 Å². The number of pyridine rings is 1. The fourth-order valence-corrected chi connectivity index (χ4v) is 4.93. The number of carbonyl (C=O) groups is 2. The van der Waals surface area contributed by atoms with Crippen LogP contribution in [0.25, 0.3) is 0 Å². The number of para-hydroxylation sites is 1. The number of aromatic nitrogens is 3. The summed E-state index contributed by atoms with van der Waals surface area (Å²) in [6.07, 6.45) is 7.53. The Kier molecular flexibility index (Phi) is 4.55. The zero-order valence-electron chi connectivity index (χ0n) is 16.2. The highest BCUT2D eigenvalue weighted by Crippen LogP contribution is 2.54. The third-order valence-corrected chi connectivity index (χ3v) is 6.26. The van der Waals surface area contributed by atoms with Crippen LogP contribution in [0, 0.1) is 0 Å². The summed E-state index contributed by atoms with van der Waals surface area (Å²) >= 11 is 5.92. The monoisotopic (exact) mass is 421 g/mol. The van der Waals surface area contributed by atoms with Gasteiger partial charge in [0.05, 0.1) is 17.3 Å². The number of amides is 2. The average Bonchev–Trinajstić information content (AvgIpc) is 3.44. The molecule has 0 aliphatic carbocycles. The summed E-state index contributed by atoms with van der Waals surface area (Å²) in [5, 5.41) is 7.71. The number of hydrogen-bond acceptors (Lipinski definition) is 4. The first-order valence-electron chi connectivity index (χ1n) is 9.88. The number of nitrogens with one attached hydrogen (secondary N) is 1. The van der Waals surface area contributed by atoms with E-state index in [0.29, 0.717) is 24.5 Å². The van der Waals surface area contributed by atoms with E-state index in [1.165, 1.54) is 0 Å². The van der Waals surface area contributed by atoms with Gasteiger partial charge in [-0.25, -0.2) is 0 Å². The van der Waals surface area contributed by atoms with Crippen molar-refractivity contribution >= 4 is 29.1 Å². The Bertz CT molecular complexity index is 1120. The number of fused-ring (bicyclic) bond motifs is 2. The van der Waals surface area contributed by atoms with Gasteiger partial charge in [0.15, 0.2) is 0 Å². The molecule has 2 aliphatic heterocycles. The highest BCUT2D eigenvalue weighted by molar-refractivity contribution is 6.30. The molecule has 0 saturated carbocycles. The largest absolute Gasteiger partial charge is 0.334 e. The molecular formula is C22H20ClN5O2. The second-order valence-corrected chi connectivity index (χ2v) is 8.11.